The fraction of sp³-hybridized carbons (Fsp3) is 0.768. The molecule has 6 N–H and O–H groups in total. The number of allylic oxidation sites excluding steroid dienone is 13. The van der Waals surface area contributed by atoms with Crippen molar-refractivity contribution >= 4 is 11.9 Å². The second-order valence-corrected chi connectivity index (χ2v) is 22.5. The summed E-state index contributed by atoms with van der Waals surface area (Å²) in [6.45, 7) is 5.73. The number of hydrogen-bond acceptors (Lipinski definition) is 10. The summed E-state index contributed by atoms with van der Waals surface area (Å²) >= 11 is 0. The second-order valence-electron chi connectivity index (χ2n) is 22.5. The highest BCUT2D eigenvalue weighted by Crippen LogP contribution is 2.26. The molecule has 1 rings (SSSR count). The van der Waals surface area contributed by atoms with Gasteiger partial charge in [-0.05, 0) is 103 Å². The van der Waals surface area contributed by atoms with Gasteiger partial charge in [-0.2, -0.15) is 0 Å². The SMILES string of the molecule is CCCCC/C=C\C/C=C\C/C=C\CCCCCCCCCCC(=O)OC1C(OCC(NC(=O)C(O)CCCCCCC/C=C\C/C=C\C/C=C\CCCCC)C(O)/C=C/CCCCCCCCCCCC)OC(CO)C(O)C1O. The predicted molar refractivity (Wildman–Crippen MR) is 333 cm³/mol. The van der Waals surface area contributed by atoms with Crippen molar-refractivity contribution in [2.24, 2.45) is 0 Å². The average Bonchev–Trinajstić information content (AvgIpc) is 3.45. The molecule has 1 amide bonds. The van der Waals surface area contributed by atoms with Gasteiger partial charge in [-0.25, -0.2) is 0 Å². The minimum absolute atomic E-state index is 0.110. The van der Waals surface area contributed by atoms with E-state index in [2.05, 4.69) is 99.0 Å². The van der Waals surface area contributed by atoms with Crippen LogP contribution in [0.4, 0.5) is 0 Å². The summed E-state index contributed by atoms with van der Waals surface area (Å²) in [6.07, 6.45) is 63.2. The van der Waals surface area contributed by atoms with Gasteiger partial charge in [0.25, 0.3) is 0 Å². The predicted octanol–water partition coefficient (Wildman–Crippen LogP) is 16.1. The quantitative estimate of drug-likeness (QED) is 0.0195. The Hall–Kier alpha value is -3.16. The van der Waals surface area contributed by atoms with E-state index in [4.69, 9.17) is 14.2 Å². The molecule has 1 aliphatic rings. The molecule has 1 aliphatic heterocycles. The lowest BCUT2D eigenvalue weighted by atomic mass is 9.99. The molecule has 8 atom stereocenters. The molecule has 1 heterocycles. The number of unbranched alkanes of at least 4 members (excludes halogenated alkanes) is 29. The van der Waals surface area contributed by atoms with E-state index < -0.39 is 67.4 Å². The number of ether oxygens (including phenoxy) is 3. The number of nitrogens with one attached hydrogen (secondary N) is 1. The highest BCUT2D eigenvalue weighted by atomic mass is 16.7. The van der Waals surface area contributed by atoms with Crippen LogP contribution < -0.4 is 5.32 Å². The van der Waals surface area contributed by atoms with Crippen LogP contribution in [0.1, 0.15) is 278 Å². The van der Waals surface area contributed by atoms with Crippen LogP contribution in [0.2, 0.25) is 0 Å². The standard InChI is InChI=1S/C69H121NO10/c1-4-7-10-13-16-19-22-25-27-29-31-32-33-35-37-39-42-45-48-51-54-57-64(74)80-67-66(76)65(75)63(58-71)79-69(67)78-59-60(61(72)55-52-49-46-43-40-24-21-18-15-12-9-6-3)70-68(77)62(73)56-53-50-47-44-41-38-36-34-30-28-26-23-20-17-14-11-8-5-2/h16-17,19-20,25-28,31-32,34,36,52,55,60-63,65-67,69,71-73,75-76H,4-15,18,21-24,29-30,33,35,37-51,53-54,56-59H2,1-3H3,(H,70,77)/b19-16-,20-17-,27-25-,28-26-,32-31-,36-34-,55-52+. The fourth-order valence-corrected chi connectivity index (χ4v) is 9.78. The smallest absolute Gasteiger partial charge is 0.306 e. The highest BCUT2D eigenvalue weighted by Gasteiger charge is 2.47. The Bertz CT molecular complexity index is 1620. The molecule has 0 aromatic carbocycles. The number of esters is 1. The molecule has 0 bridgehead atoms. The van der Waals surface area contributed by atoms with E-state index in [-0.39, 0.29) is 19.4 Å². The number of carbonyl (C=O) groups excluding carboxylic acids is 2. The van der Waals surface area contributed by atoms with Crippen LogP contribution in [0.25, 0.3) is 0 Å². The Morgan fingerprint density at radius 1 is 0.487 bits per heavy atom. The molecule has 0 spiro atoms. The van der Waals surface area contributed by atoms with Gasteiger partial charge in [0.15, 0.2) is 12.4 Å². The van der Waals surface area contributed by atoms with Crippen LogP contribution in [0, 0.1) is 0 Å². The van der Waals surface area contributed by atoms with Crippen LogP contribution in [-0.4, -0.2) is 99.6 Å². The maximum absolute atomic E-state index is 13.4. The number of aliphatic hydroxyl groups excluding tert-OH is 5. The number of carbonyl (C=O) groups is 2. The molecule has 11 heteroatoms. The van der Waals surface area contributed by atoms with E-state index >= 15 is 0 Å². The van der Waals surface area contributed by atoms with Crippen molar-refractivity contribution in [3.63, 3.8) is 0 Å². The van der Waals surface area contributed by atoms with Crippen molar-refractivity contribution in [2.45, 2.75) is 327 Å². The number of amides is 1. The lowest BCUT2D eigenvalue weighted by molar-refractivity contribution is -0.305. The van der Waals surface area contributed by atoms with Crippen LogP contribution >= 0.6 is 0 Å². The third-order valence-corrected chi connectivity index (χ3v) is 15.0. The Morgan fingerprint density at radius 3 is 1.31 bits per heavy atom. The topological polar surface area (TPSA) is 175 Å². The summed E-state index contributed by atoms with van der Waals surface area (Å²) in [7, 11) is 0. The summed E-state index contributed by atoms with van der Waals surface area (Å²) < 4.78 is 17.6. The molecule has 462 valence electrons. The summed E-state index contributed by atoms with van der Waals surface area (Å²) in [4.78, 5) is 26.6. The second kappa shape index (κ2) is 56.3. The molecule has 80 heavy (non-hydrogen) atoms. The number of rotatable bonds is 55. The third-order valence-electron chi connectivity index (χ3n) is 15.0. The van der Waals surface area contributed by atoms with E-state index in [0.717, 1.165) is 109 Å². The van der Waals surface area contributed by atoms with Crippen LogP contribution in [-0.2, 0) is 23.8 Å². The van der Waals surface area contributed by atoms with Crippen molar-refractivity contribution in [3.05, 3.63) is 85.1 Å². The minimum Gasteiger partial charge on any atom is -0.454 e. The number of aliphatic hydroxyl groups is 5. The van der Waals surface area contributed by atoms with Gasteiger partial charge in [0.05, 0.1) is 25.4 Å². The van der Waals surface area contributed by atoms with Gasteiger partial charge in [-0.3, -0.25) is 9.59 Å². The van der Waals surface area contributed by atoms with Gasteiger partial charge in [-0.1, -0.05) is 254 Å². The molecule has 8 unspecified atom stereocenters. The van der Waals surface area contributed by atoms with Crippen LogP contribution in [0.5, 0.6) is 0 Å². The highest BCUT2D eigenvalue weighted by molar-refractivity contribution is 5.80. The molecule has 0 saturated carbocycles. The van der Waals surface area contributed by atoms with Crippen LogP contribution in [0.3, 0.4) is 0 Å². The molecule has 0 aromatic heterocycles. The third kappa shape index (κ3) is 43.5. The van der Waals surface area contributed by atoms with Crippen molar-refractivity contribution in [1.29, 1.82) is 0 Å². The molecular formula is C69H121NO10. The van der Waals surface area contributed by atoms with Gasteiger partial charge in [0.2, 0.25) is 5.91 Å². The first kappa shape index (κ1) is 74.9. The van der Waals surface area contributed by atoms with Gasteiger partial charge >= 0.3 is 5.97 Å². The molecule has 0 aliphatic carbocycles. The van der Waals surface area contributed by atoms with Gasteiger partial charge in [0, 0.05) is 6.42 Å². The maximum atomic E-state index is 13.4. The van der Waals surface area contributed by atoms with Crippen molar-refractivity contribution in [3.8, 4) is 0 Å². The summed E-state index contributed by atoms with van der Waals surface area (Å²) in [5.41, 5.74) is 0. The van der Waals surface area contributed by atoms with Crippen molar-refractivity contribution in [1.82, 2.24) is 5.32 Å². The van der Waals surface area contributed by atoms with E-state index in [9.17, 15) is 35.1 Å². The lowest BCUT2D eigenvalue weighted by Gasteiger charge is -2.41. The first-order chi connectivity index (χ1) is 39.2. The largest absolute Gasteiger partial charge is 0.454 e. The first-order valence-corrected chi connectivity index (χ1v) is 32.9. The molecule has 11 nitrogen and oxygen atoms in total. The van der Waals surface area contributed by atoms with Gasteiger partial charge in [0.1, 0.15) is 24.4 Å². The van der Waals surface area contributed by atoms with Crippen molar-refractivity contribution in [2.75, 3.05) is 13.2 Å². The lowest BCUT2D eigenvalue weighted by Crippen LogP contribution is -2.61. The Morgan fingerprint density at radius 2 is 0.863 bits per heavy atom. The zero-order valence-electron chi connectivity index (χ0n) is 51.2. The monoisotopic (exact) mass is 1120 g/mol. The zero-order chi connectivity index (χ0) is 58.2. The summed E-state index contributed by atoms with van der Waals surface area (Å²) in [5.74, 6) is -1.22. The van der Waals surface area contributed by atoms with E-state index in [1.54, 1.807) is 6.08 Å². The van der Waals surface area contributed by atoms with E-state index in [1.807, 2.05) is 6.08 Å². The molecule has 1 saturated heterocycles. The van der Waals surface area contributed by atoms with Crippen molar-refractivity contribution < 1.29 is 49.3 Å². The maximum Gasteiger partial charge on any atom is 0.306 e. The first-order valence-electron chi connectivity index (χ1n) is 32.9. The normalized spacial score (nSPS) is 19.3. The minimum atomic E-state index is -1.62. The Kier molecular flexibility index (Phi) is 52.7. The number of hydrogen-bond donors (Lipinski definition) is 6. The Balaban J connectivity index is 2.66. The van der Waals surface area contributed by atoms with E-state index in [0.29, 0.717) is 12.8 Å². The van der Waals surface area contributed by atoms with E-state index in [1.165, 1.54) is 122 Å². The molecular weight excluding hydrogens is 1000 g/mol. The summed E-state index contributed by atoms with van der Waals surface area (Å²) in [5, 5.41) is 57.1. The Labute approximate surface area is 489 Å². The average molecular weight is 1120 g/mol. The molecule has 0 radical (unpaired) electrons. The van der Waals surface area contributed by atoms with Crippen LogP contribution in [0.15, 0.2) is 85.1 Å². The molecule has 0 aromatic rings. The van der Waals surface area contributed by atoms with Gasteiger partial charge in [-0.15, -0.1) is 0 Å². The van der Waals surface area contributed by atoms with Gasteiger partial charge < -0.3 is 45.1 Å². The fourth-order valence-electron chi connectivity index (χ4n) is 9.78. The zero-order valence-corrected chi connectivity index (χ0v) is 51.2. The summed E-state index contributed by atoms with van der Waals surface area (Å²) in [6, 6.07) is -1.04. The molecule has 1 fully saturated rings.